The molecule has 0 aromatic rings. The fourth-order valence-corrected chi connectivity index (χ4v) is 2.68. The van der Waals surface area contributed by atoms with Crippen molar-refractivity contribution in [3.63, 3.8) is 0 Å². The molecule has 0 aliphatic carbocycles. The second-order valence-electron chi connectivity index (χ2n) is 3.89. The van der Waals surface area contributed by atoms with E-state index in [1.165, 1.54) is 5.41 Å². The Labute approximate surface area is 102 Å². The van der Waals surface area contributed by atoms with E-state index in [0.29, 0.717) is 19.8 Å². The van der Waals surface area contributed by atoms with Crippen LogP contribution in [-0.4, -0.2) is 64.9 Å². The van der Waals surface area contributed by atoms with Crippen molar-refractivity contribution in [2.45, 2.75) is 12.1 Å². The van der Waals surface area contributed by atoms with Crippen molar-refractivity contribution in [3.8, 4) is 0 Å². The zero-order chi connectivity index (χ0) is 12.7. The fourth-order valence-electron chi connectivity index (χ4n) is 1.41. The molecule has 0 amide bonds. The van der Waals surface area contributed by atoms with Crippen molar-refractivity contribution in [3.05, 3.63) is 11.5 Å². The van der Waals surface area contributed by atoms with Gasteiger partial charge in [0.2, 0.25) is 0 Å². The third-order valence-corrected chi connectivity index (χ3v) is 3.68. The molecule has 0 saturated carbocycles. The molecule has 0 radical (unpaired) electrons. The van der Waals surface area contributed by atoms with Crippen LogP contribution < -0.4 is 5.32 Å². The smallest absolute Gasteiger partial charge is 0.173 e. The Morgan fingerprint density at radius 3 is 2.88 bits per heavy atom. The molecule has 1 heterocycles. The molecule has 1 aliphatic rings. The molecule has 0 saturated heterocycles. The van der Waals surface area contributed by atoms with Gasteiger partial charge in [0.25, 0.3) is 0 Å². The van der Waals surface area contributed by atoms with Crippen molar-refractivity contribution < 1.29 is 23.0 Å². The molecule has 2 N–H and O–H groups in total. The molecular weight excluding hydrogens is 246 g/mol. The monoisotopic (exact) mass is 265 g/mol. The van der Waals surface area contributed by atoms with Gasteiger partial charge in [0.05, 0.1) is 31.7 Å². The second kappa shape index (κ2) is 7.07. The Morgan fingerprint density at radius 2 is 2.29 bits per heavy atom. The van der Waals surface area contributed by atoms with Gasteiger partial charge in [0, 0.05) is 25.1 Å². The molecule has 7 heteroatoms. The number of ether oxygens (including phenoxy) is 2. The molecule has 0 aromatic carbocycles. The lowest BCUT2D eigenvalue weighted by atomic mass is 10.3. The van der Waals surface area contributed by atoms with Crippen LogP contribution in [0.25, 0.3) is 0 Å². The number of sulfone groups is 1. The van der Waals surface area contributed by atoms with E-state index >= 15 is 0 Å². The van der Waals surface area contributed by atoms with E-state index < -0.39 is 15.9 Å². The molecule has 0 bridgehead atoms. The Kier molecular flexibility index (Phi) is 6.07. The van der Waals surface area contributed by atoms with Crippen molar-refractivity contribution in [2.75, 3.05) is 39.2 Å². The van der Waals surface area contributed by atoms with E-state index in [4.69, 9.17) is 9.47 Å². The van der Waals surface area contributed by atoms with Crippen LogP contribution in [0.2, 0.25) is 0 Å². The summed E-state index contributed by atoms with van der Waals surface area (Å²) in [5.74, 6) is 0.0598. The average Bonchev–Trinajstić information content (AvgIpc) is 2.62. The first-order chi connectivity index (χ1) is 8.03. The summed E-state index contributed by atoms with van der Waals surface area (Å²) in [6.07, 6.45) is 0.942. The SMILES string of the molecule is COCCOCC(O)CNC1C=CS(=O)(=O)C1. The molecule has 6 nitrogen and oxygen atoms in total. The van der Waals surface area contributed by atoms with Crippen molar-refractivity contribution >= 4 is 9.84 Å². The lowest BCUT2D eigenvalue weighted by Gasteiger charge is -2.14. The number of aliphatic hydroxyl groups excluding tert-OH is 1. The summed E-state index contributed by atoms with van der Waals surface area (Å²) >= 11 is 0. The van der Waals surface area contributed by atoms with Crippen LogP contribution in [0.1, 0.15) is 0 Å². The van der Waals surface area contributed by atoms with Gasteiger partial charge in [-0.15, -0.1) is 0 Å². The van der Waals surface area contributed by atoms with Gasteiger partial charge in [0.15, 0.2) is 9.84 Å². The van der Waals surface area contributed by atoms with Gasteiger partial charge in [-0.05, 0) is 0 Å². The van der Waals surface area contributed by atoms with Gasteiger partial charge in [-0.25, -0.2) is 8.42 Å². The van der Waals surface area contributed by atoms with Gasteiger partial charge in [-0.3, -0.25) is 0 Å². The summed E-state index contributed by atoms with van der Waals surface area (Å²) in [4.78, 5) is 0. The molecule has 0 spiro atoms. The number of rotatable bonds is 8. The largest absolute Gasteiger partial charge is 0.389 e. The summed E-state index contributed by atoms with van der Waals surface area (Å²) in [6, 6.07) is -0.214. The van der Waals surface area contributed by atoms with E-state index in [1.807, 2.05) is 0 Å². The first kappa shape index (κ1) is 14.6. The van der Waals surface area contributed by atoms with Crippen LogP contribution in [0, 0.1) is 0 Å². The van der Waals surface area contributed by atoms with Gasteiger partial charge in [0.1, 0.15) is 0 Å². The van der Waals surface area contributed by atoms with Gasteiger partial charge >= 0.3 is 0 Å². The van der Waals surface area contributed by atoms with Crippen molar-refractivity contribution in [1.82, 2.24) is 5.32 Å². The predicted molar refractivity (Wildman–Crippen MR) is 63.4 cm³/mol. The summed E-state index contributed by atoms with van der Waals surface area (Å²) in [7, 11) is -1.46. The summed E-state index contributed by atoms with van der Waals surface area (Å²) in [5.41, 5.74) is 0. The number of methoxy groups -OCH3 is 1. The van der Waals surface area contributed by atoms with Gasteiger partial charge < -0.3 is 19.9 Å². The second-order valence-corrected chi connectivity index (χ2v) is 5.83. The van der Waals surface area contributed by atoms with Crippen molar-refractivity contribution in [1.29, 1.82) is 0 Å². The highest BCUT2D eigenvalue weighted by atomic mass is 32.2. The van der Waals surface area contributed by atoms with Gasteiger partial charge in [-0.2, -0.15) is 0 Å². The summed E-state index contributed by atoms with van der Waals surface area (Å²) in [6.45, 7) is 1.44. The normalized spacial score (nSPS) is 24.0. The fraction of sp³-hybridized carbons (Fsp3) is 0.800. The molecule has 2 atom stereocenters. The Balaban J connectivity index is 2.08. The molecule has 100 valence electrons. The van der Waals surface area contributed by atoms with Crippen molar-refractivity contribution in [2.24, 2.45) is 0 Å². The maximum absolute atomic E-state index is 11.1. The van der Waals surface area contributed by atoms with E-state index in [2.05, 4.69) is 5.32 Å². The molecule has 0 fully saturated rings. The minimum absolute atomic E-state index is 0.0598. The van der Waals surface area contributed by atoms with E-state index in [1.54, 1.807) is 13.2 Å². The standard InChI is InChI=1S/C10H19NO5S/c1-15-3-4-16-7-10(12)6-11-9-2-5-17(13,14)8-9/h2,5,9-12H,3-4,6-8H2,1H3. The maximum atomic E-state index is 11.1. The van der Waals surface area contributed by atoms with Crippen LogP contribution in [0.4, 0.5) is 0 Å². The maximum Gasteiger partial charge on any atom is 0.173 e. The topological polar surface area (TPSA) is 84.9 Å². The molecule has 2 unspecified atom stereocenters. The third kappa shape index (κ3) is 6.13. The quantitative estimate of drug-likeness (QED) is 0.543. The summed E-state index contributed by atoms with van der Waals surface area (Å²) < 4.78 is 32.1. The Morgan fingerprint density at radius 1 is 1.53 bits per heavy atom. The average molecular weight is 265 g/mol. The molecule has 1 aliphatic heterocycles. The zero-order valence-electron chi connectivity index (χ0n) is 9.83. The van der Waals surface area contributed by atoms with E-state index in [0.717, 1.165) is 0 Å². The van der Waals surface area contributed by atoms with E-state index in [-0.39, 0.29) is 18.4 Å². The third-order valence-electron chi connectivity index (χ3n) is 2.29. The first-order valence-corrected chi connectivity index (χ1v) is 7.14. The van der Waals surface area contributed by atoms with Crippen LogP contribution in [0.5, 0.6) is 0 Å². The number of hydrogen-bond donors (Lipinski definition) is 2. The van der Waals surface area contributed by atoms with Gasteiger partial charge in [-0.1, -0.05) is 6.08 Å². The number of hydrogen-bond acceptors (Lipinski definition) is 6. The highest BCUT2D eigenvalue weighted by molar-refractivity contribution is 7.94. The van der Waals surface area contributed by atoms with Crippen LogP contribution in [0.15, 0.2) is 11.5 Å². The lowest BCUT2D eigenvalue weighted by molar-refractivity contribution is 0.0135. The Hall–Kier alpha value is -0.470. The number of aliphatic hydroxyl groups is 1. The Bertz CT molecular complexity index is 341. The molecule has 1 rings (SSSR count). The minimum atomic E-state index is -3.04. The molecule has 17 heavy (non-hydrogen) atoms. The highest BCUT2D eigenvalue weighted by Gasteiger charge is 2.21. The van der Waals surface area contributed by atoms with Crippen LogP contribution in [0.3, 0.4) is 0 Å². The van der Waals surface area contributed by atoms with E-state index in [9.17, 15) is 13.5 Å². The lowest BCUT2D eigenvalue weighted by Crippen LogP contribution is -2.38. The predicted octanol–water partition coefficient (Wildman–Crippen LogP) is -1.09. The summed E-state index contributed by atoms with van der Waals surface area (Å²) in [5, 5.41) is 13.7. The highest BCUT2D eigenvalue weighted by Crippen LogP contribution is 2.07. The molecular formula is C10H19NO5S. The zero-order valence-corrected chi connectivity index (χ0v) is 10.6. The first-order valence-electron chi connectivity index (χ1n) is 5.42. The number of nitrogens with one attached hydrogen (secondary N) is 1. The van der Waals surface area contributed by atoms with Crippen LogP contribution in [-0.2, 0) is 19.3 Å². The minimum Gasteiger partial charge on any atom is -0.389 e. The van der Waals surface area contributed by atoms with Crippen LogP contribution >= 0.6 is 0 Å². The molecule has 0 aromatic heterocycles.